The molecule has 0 aromatic rings. The first-order chi connectivity index (χ1) is 34.5. The average Bonchev–Trinajstić information content (AvgIpc) is 4.20. The van der Waals surface area contributed by atoms with E-state index < -0.39 is 46.1 Å². The summed E-state index contributed by atoms with van der Waals surface area (Å²) < 4.78 is 58.8. The highest BCUT2D eigenvalue weighted by atomic mass is 32.2. The van der Waals surface area contributed by atoms with Crippen molar-refractivity contribution in [1.82, 2.24) is 0 Å². The number of rotatable bonds is 24. The van der Waals surface area contributed by atoms with Gasteiger partial charge < -0.3 is 28.4 Å². The summed E-state index contributed by atoms with van der Waals surface area (Å²) in [5.74, 6) is 0.878. The van der Waals surface area contributed by atoms with Gasteiger partial charge in [-0.2, -0.15) is 8.42 Å². The van der Waals surface area contributed by atoms with E-state index in [0.717, 1.165) is 62.7 Å². The number of hydrogen-bond donors (Lipinski definition) is 0. The molecule has 6 rings (SSSR count). The summed E-state index contributed by atoms with van der Waals surface area (Å²) in [4.78, 5) is 66.9. The van der Waals surface area contributed by atoms with Gasteiger partial charge in [0.15, 0.2) is 6.61 Å². The van der Waals surface area contributed by atoms with Gasteiger partial charge in [-0.3, -0.25) is 4.18 Å². The maximum absolute atomic E-state index is 11.8. The van der Waals surface area contributed by atoms with Gasteiger partial charge in [0, 0.05) is 39.7 Å². The number of carbonyl (C=O) groups is 6. The number of ether oxygens (including phenoxy) is 6. The maximum Gasteiger partial charge on any atom is 0.344 e. The standard InChI is InChI=1S/C14H20O2.C13H16O7S.C12H22O2.C10H18O2.C8H14O2/c1-8(2)14(15)16-13-7-9-6-12(13)11-5-3-4-10(9)11;1-6(2)13(15)18-5-10(14)19-11-7-3-8-9(4-7)21(16,17)20-12(8)11;1-4-5-6-7-8-9-10-14-12(13)11(2)3;1-4-5-6-7-8-12-10(11)9(2)3;1-4-5-6-10-8(9)7(2)3/h9-13H,1,3-7H2,2H3;7-9,11-12H,1,3-5H2,2H3;2,4-10H2,1,3H3;2,4-8H2,1,3H3;2,4-6H2,1,3H3. The molecular formula is C57H90O15S. The molecule has 0 spiro atoms. The lowest BCUT2D eigenvalue weighted by Gasteiger charge is -2.31. The lowest BCUT2D eigenvalue weighted by molar-refractivity contribution is -0.165. The zero-order valence-electron chi connectivity index (χ0n) is 45.6. The third-order valence-corrected chi connectivity index (χ3v) is 15.8. The van der Waals surface area contributed by atoms with E-state index in [1.165, 1.54) is 71.1 Å². The predicted octanol–water partition coefficient (Wildman–Crippen LogP) is 11.1. The van der Waals surface area contributed by atoms with Gasteiger partial charge in [0.05, 0.1) is 25.1 Å². The summed E-state index contributed by atoms with van der Waals surface area (Å²) in [6.45, 7) is 33.2. The average molecular weight is 1050 g/mol. The SMILES string of the molecule is C=C(C)C(=O)OC1CC2CC1C1CCCC21.C=C(C)C(=O)OCC(=O)OC1C2CC3C1OS(=O)(=O)C3C2.C=C(C)C(=O)OCCCC.C=C(C)C(=O)OCCCCCC.C=C(C)C(=O)OCCCCCCCC. The summed E-state index contributed by atoms with van der Waals surface area (Å²) in [5.41, 5.74) is 2.15. The molecular weight excluding hydrogens is 957 g/mol. The van der Waals surface area contributed by atoms with Gasteiger partial charge in [0.25, 0.3) is 10.1 Å². The van der Waals surface area contributed by atoms with E-state index in [0.29, 0.717) is 60.9 Å². The highest BCUT2D eigenvalue weighted by Crippen LogP contribution is 2.59. The van der Waals surface area contributed by atoms with Gasteiger partial charge >= 0.3 is 35.8 Å². The molecule has 6 fully saturated rings. The molecule has 10 unspecified atom stereocenters. The summed E-state index contributed by atoms with van der Waals surface area (Å²) in [6.07, 6.45) is 20.6. The molecule has 0 radical (unpaired) electrons. The molecule has 0 N–H and O–H groups in total. The van der Waals surface area contributed by atoms with Gasteiger partial charge in [-0.25, -0.2) is 28.8 Å². The Morgan fingerprint density at radius 3 is 1.42 bits per heavy atom. The fourth-order valence-electron chi connectivity index (χ4n) is 10.3. The largest absolute Gasteiger partial charge is 0.462 e. The van der Waals surface area contributed by atoms with Gasteiger partial charge in [-0.05, 0) is 116 Å². The van der Waals surface area contributed by atoms with E-state index in [-0.39, 0.29) is 47.4 Å². The zero-order valence-corrected chi connectivity index (χ0v) is 46.4. The van der Waals surface area contributed by atoms with E-state index in [2.05, 4.69) is 53.7 Å². The Morgan fingerprint density at radius 2 is 0.918 bits per heavy atom. The van der Waals surface area contributed by atoms with Crippen molar-refractivity contribution in [2.24, 2.45) is 35.5 Å². The molecule has 10 atom stereocenters. The predicted molar refractivity (Wildman–Crippen MR) is 281 cm³/mol. The Balaban J connectivity index is 0.000000321. The van der Waals surface area contributed by atoms with Gasteiger partial charge in [0.2, 0.25) is 0 Å². The fourth-order valence-corrected chi connectivity index (χ4v) is 12.2. The monoisotopic (exact) mass is 1050 g/mol. The van der Waals surface area contributed by atoms with Crippen LogP contribution in [0.1, 0.15) is 177 Å². The van der Waals surface area contributed by atoms with E-state index in [4.69, 9.17) is 32.6 Å². The van der Waals surface area contributed by atoms with Crippen LogP contribution in [0.4, 0.5) is 0 Å². The van der Waals surface area contributed by atoms with Gasteiger partial charge in [0.1, 0.15) is 18.3 Å². The topological polar surface area (TPSA) is 201 Å². The van der Waals surface area contributed by atoms with Crippen LogP contribution in [-0.4, -0.2) is 94.2 Å². The molecule has 6 aliphatic rings. The van der Waals surface area contributed by atoms with Crippen LogP contribution < -0.4 is 0 Å². The van der Waals surface area contributed by atoms with Crippen LogP contribution >= 0.6 is 0 Å². The van der Waals surface area contributed by atoms with Crippen molar-refractivity contribution in [2.75, 3.05) is 26.4 Å². The second-order valence-corrected chi connectivity index (χ2v) is 22.4. The Labute approximate surface area is 437 Å². The number of hydrogen-bond acceptors (Lipinski definition) is 15. The number of fused-ring (bicyclic) bond motifs is 6. The van der Waals surface area contributed by atoms with E-state index >= 15 is 0 Å². The van der Waals surface area contributed by atoms with Crippen LogP contribution in [0, 0.1) is 35.5 Å². The van der Waals surface area contributed by atoms with Crippen molar-refractivity contribution >= 4 is 45.9 Å². The number of carbonyl (C=O) groups excluding carboxylic acids is 6. The molecule has 5 aliphatic carbocycles. The lowest BCUT2D eigenvalue weighted by atomic mass is 9.80. The number of esters is 6. The van der Waals surface area contributed by atoms with Crippen LogP contribution in [0.5, 0.6) is 0 Å². The minimum atomic E-state index is -3.53. The first-order valence-corrected chi connectivity index (χ1v) is 28.3. The van der Waals surface area contributed by atoms with Gasteiger partial charge in [-0.15, -0.1) is 0 Å². The smallest absolute Gasteiger partial charge is 0.344 e. The first-order valence-electron chi connectivity index (χ1n) is 26.8. The quantitative estimate of drug-likeness (QED) is 0.0290. The van der Waals surface area contributed by atoms with E-state index in [9.17, 15) is 37.2 Å². The summed E-state index contributed by atoms with van der Waals surface area (Å²) >= 11 is 0. The minimum absolute atomic E-state index is 0.00284. The Kier molecular flexibility index (Phi) is 29.5. The molecule has 5 saturated carbocycles. The molecule has 73 heavy (non-hydrogen) atoms. The van der Waals surface area contributed by atoms with Crippen molar-refractivity contribution in [3.63, 3.8) is 0 Å². The Hall–Kier alpha value is -4.57. The molecule has 4 bridgehead atoms. The summed E-state index contributed by atoms with van der Waals surface area (Å²) in [5, 5.41) is -0.455. The zero-order chi connectivity index (χ0) is 54.8. The van der Waals surface area contributed by atoms with E-state index in [1.54, 1.807) is 27.7 Å². The van der Waals surface area contributed by atoms with Crippen LogP contribution in [0.15, 0.2) is 60.8 Å². The van der Waals surface area contributed by atoms with Crippen LogP contribution in [0.3, 0.4) is 0 Å². The Bertz CT molecular complexity index is 2000. The molecule has 414 valence electrons. The number of unbranched alkanes of at least 4 members (excludes halogenated alkanes) is 9. The molecule has 1 saturated heterocycles. The van der Waals surface area contributed by atoms with Crippen LogP contribution in [-0.2, 0) is 71.5 Å². The van der Waals surface area contributed by atoms with Crippen molar-refractivity contribution in [3.05, 3.63) is 60.8 Å². The lowest BCUT2D eigenvalue weighted by Crippen LogP contribution is -2.38. The highest BCUT2D eigenvalue weighted by Gasteiger charge is 2.65. The molecule has 0 aromatic heterocycles. The molecule has 1 heterocycles. The summed E-state index contributed by atoms with van der Waals surface area (Å²) in [7, 11) is -3.53. The minimum Gasteiger partial charge on any atom is -0.462 e. The van der Waals surface area contributed by atoms with Crippen LogP contribution in [0.2, 0.25) is 0 Å². The van der Waals surface area contributed by atoms with Crippen molar-refractivity contribution in [1.29, 1.82) is 0 Å². The third-order valence-electron chi connectivity index (χ3n) is 14.1. The molecule has 0 amide bonds. The second-order valence-electron chi connectivity index (χ2n) is 20.6. The maximum atomic E-state index is 11.8. The van der Waals surface area contributed by atoms with Gasteiger partial charge in [-0.1, -0.05) is 118 Å². The van der Waals surface area contributed by atoms with E-state index in [1.807, 2.05) is 0 Å². The van der Waals surface area contributed by atoms with Crippen LogP contribution in [0.25, 0.3) is 0 Å². The molecule has 15 nitrogen and oxygen atoms in total. The second kappa shape index (κ2) is 33.4. The first kappa shape index (κ1) is 64.5. The van der Waals surface area contributed by atoms with Crippen molar-refractivity contribution in [3.8, 4) is 0 Å². The fraction of sp³-hybridized carbons (Fsp3) is 0.719. The normalized spacial score (nSPS) is 25.4. The Morgan fingerprint density at radius 1 is 0.479 bits per heavy atom. The molecule has 0 aromatic carbocycles. The molecule has 1 aliphatic heterocycles. The third kappa shape index (κ3) is 22.0. The van der Waals surface area contributed by atoms with Crippen molar-refractivity contribution in [2.45, 2.75) is 201 Å². The highest BCUT2D eigenvalue weighted by molar-refractivity contribution is 7.87. The summed E-state index contributed by atoms with van der Waals surface area (Å²) in [6, 6.07) is 0. The van der Waals surface area contributed by atoms with Crippen molar-refractivity contribution < 1.29 is 69.8 Å². The molecule has 16 heteroatoms.